The summed E-state index contributed by atoms with van der Waals surface area (Å²) in [6, 6.07) is 15.5. The van der Waals surface area contributed by atoms with E-state index in [-0.39, 0.29) is 24.4 Å². The van der Waals surface area contributed by atoms with E-state index >= 15 is 0 Å². The molecule has 1 saturated heterocycles. The van der Waals surface area contributed by atoms with Crippen molar-refractivity contribution in [1.29, 1.82) is 0 Å². The lowest BCUT2D eigenvalue weighted by molar-refractivity contribution is 0.0680. The Balaban J connectivity index is 0.00000210. The van der Waals surface area contributed by atoms with Crippen LogP contribution in [0.1, 0.15) is 23.4 Å². The van der Waals surface area contributed by atoms with Gasteiger partial charge in [0.05, 0.1) is 7.11 Å². The maximum absolute atomic E-state index is 13.2. The molecule has 0 aliphatic carbocycles. The van der Waals surface area contributed by atoms with Crippen LogP contribution >= 0.6 is 12.4 Å². The molecule has 0 saturated carbocycles. The lowest BCUT2D eigenvalue weighted by Crippen LogP contribution is -2.45. The third kappa shape index (κ3) is 3.66. The molecule has 1 amide bonds. The monoisotopic (exact) mass is 386 g/mol. The van der Waals surface area contributed by atoms with E-state index in [2.05, 4.69) is 0 Å². The van der Waals surface area contributed by atoms with Gasteiger partial charge in [0.15, 0.2) is 0 Å². The molecule has 6 heteroatoms. The molecule has 0 spiro atoms. The summed E-state index contributed by atoms with van der Waals surface area (Å²) < 4.78 is 11.3. The Bertz CT molecular complexity index is 939. The quantitative estimate of drug-likeness (QED) is 0.736. The van der Waals surface area contributed by atoms with Crippen LogP contribution in [0.15, 0.2) is 52.9 Å². The van der Waals surface area contributed by atoms with E-state index in [0.717, 1.165) is 29.4 Å². The summed E-state index contributed by atoms with van der Waals surface area (Å²) in [7, 11) is 1.61. The average Bonchev–Trinajstić information content (AvgIpc) is 3.06. The largest absolute Gasteiger partial charge is 0.497 e. The highest BCUT2D eigenvalue weighted by atomic mass is 35.5. The van der Waals surface area contributed by atoms with Gasteiger partial charge in [-0.1, -0.05) is 30.3 Å². The summed E-state index contributed by atoms with van der Waals surface area (Å²) in [6.45, 7) is 1.27. The number of carbonyl (C=O) groups excluding carboxylic acids is 1. The summed E-state index contributed by atoms with van der Waals surface area (Å²) >= 11 is 0. The first-order valence-electron chi connectivity index (χ1n) is 8.88. The standard InChI is InChI=1S/C21H22N2O3.ClH/c1-25-16-9-10-17-18(12-16)26-20(19(17)14-6-3-2-4-7-14)21(24)23-11-5-8-15(22)13-23;/h2-4,6-7,9-10,12,15H,5,8,11,13,22H2,1H3;1H. The van der Waals surface area contributed by atoms with Gasteiger partial charge in [-0.05, 0) is 30.5 Å². The lowest BCUT2D eigenvalue weighted by atomic mass is 10.0. The van der Waals surface area contributed by atoms with E-state index in [0.29, 0.717) is 30.2 Å². The zero-order chi connectivity index (χ0) is 18.1. The molecule has 1 unspecified atom stereocenters. The molecule has 5 nitrogen and oxygen atoms in total. The minimum atomic E-state index is -0.103. The van der Waals surface area contributed by atoms with Gasteiger partial charge in [0.25, 0.3) is 5.91 Å². The maximum atomic E-state index is 13.2. The molecule has 4 rings (SSSR count). The van der Waals surface area contributed by atoms with E-state index in [1.807, 2.05) is 48.5 Å². The average molecular weight is 387 g/mol. The van der Waals surface area contributed by atoms with Crippen LogP contribution in [0.5, 0.6) is 5.75 Å². The number of hydrogen-bond donors (Lipinski definition) is 1. The second kappa shape index (κ2) is 8.03. The van der Waals surface area contributed by atoms with Gasteiger partial charge in [0.1, 0.15) is 11.3 Å². The van der Waals surface area contributed by atoms with E-state index in [4.69, 9.17) is 14.9 Å². The maximum Gasteiger partial charge on any atom is 0.290 e. The van der Waals surface area contributed by atoms with Crippen molar-refractivity contribution in [1.82, 2.24) is 4.90 Å². The molecule has 2 aromatic carbocycles. The second-order valence-electron chi connectivity index (χ2n) is 6.69. The van der Waals surface area contributed by atoms with E-state index < -0.39 is 0 Å². The second-order valence-corrected chi connectivity index (χ2v) is 6.69. The number of nitrogens with two attached hydrogens (primary N) is 1. The third-order valence-electron chi connectivity index (χ3n) is 4.90. The van der Waals surface area contributed by atoms with Gasteiger partial charge < -0.3 is 19.8 Å². The van der Waals surface area contributed by atoms with E-state index in [1.165, 1.54) is 0 Å². The minimum Gasteiger partial charge on any atom is -0.497 e. The predicted molar refractivity (Wildman–Crippen MR) is 109 cm³/mol. The summed E-state index contributed by atoms with van der Waals surface area (Å²) in [5.74, 6) is 0.965. The Morgan fingerprint density at radius 3 is 2.70 bits per heavy atom. The first-order chi connectivity index (χ1) is 12.7. The van der Waals surface area contributed by atoms with E-state index in [9.17, 15) is 4.79 Å². The number of furan rings is 1. The zero-order valence-corrected chi connectivity index (χ0v) is 16.0. The SMILES string of the molecule is COc1ccc2c(-c3ccccc3)c(C(=O)N3CCCC(N)C3)oc2c1.Cl. The Morgan fingerprint density at radius 2 is 2.00 bits per heavy atom. The van der Waals surface area contributed by atoms with Gasteiger partial charge in [-0.3, -0.25) is 4.79 Å². The molecule has 1 aliphatic heterocycles. The van der Waals surface area contributed by atoms with Gasteiger partial charge in [-0.15, -0.1) is 12.4 Å². The number of fused-ring (bicyclic) bond motifs is 1. The van der Waals surface area contributed by atoms with Gasteiger partial charge >= 0.3 is 0 Å². The highest BCUT2D eigenvalue weighted by molar-refractivity contribution is 6.08. The van der Waals surface area contributed by atoms with Crippen LogP contribution < -0.4 is 10.5 Å². The normalized spacial score (nSPS) is 16.8. The minimum absolute atomic E-state index is 0. The molecule has 1 atom stereocenters. The van der Waals surface area contributed by atoms with Crippen LogP contribution in [0.3, 0.4) is 0 Å². The van der Waals surface area contributed by atoms with Crippen molar-refractivity contribution < 1.29 is 13.9 Å². The molecule has 1 fully saturated rings. The number of rotatable bonds is 3. The van der Waals surface area contributed by atoms with Gasteiger partial charge in [0, 0.05) is 36.1 Å². The van der Waals surface area contributed by atoms with E-state index in [1.54, 1.807) is 12.0 Å². The molecule has 142 valence electrons. The van der Waals surface area contributed by atoms with Crippen LogP contribution in [0, 0.1) is 0 Å². The topological polar surface area (TPSA) is 68.7 Å². The lowest BCUT2D eigenvalue weighted by Gasteiger charge is -2.30. The highest BCUT2D eigenvalue weighted by Crippen LogP contribution is 2.37. The van der Waals surface area contributed by atoms with Crippen molar-refractivity contribution in [3.8, 4) is 16.9 Å². The van der Waals surface area contributed by atoms with Crippen molar-refractivity contribution in [2.45, 2.75) is 18.9 Å². The number of likely N-dealkylation sites (tertiary alicyclic amines) is 1. The van der Waals surface area contributed by atoms with Gasteiger partial charge in [-0.2, -0.15) is 0 Å². The summed E-state index contributed by atoms with van der Waals surface area (Å²) in [5, 5.41) is 0.904. The van der Waals surface area contributed by atoms with Crippen LogP contribution in [0.2, 0.25) is 0 Å². The fraction of sp³-hybridized carbons (Fsp3) is 0.286. The van der Waals surface area contributed by atoms with Crippen molar-refractivity contribution in [3.05, 3.63) is 54.3 Å². The van der Waals surface area contributed by atoms with Crippen LogP contribution in [0.25, 0.3) is 22.1 Å². The Morgan fingerprint density at radius 1 is 1.22 bits per heavy atom. The van der Waals surface area contributed by atoms with Crippen molar-refractivity contribution in [2.75, 3.05) is 20.2 Å². The van der Waals surface area contributed by atoms with Crippen molar-refractivity contribution in [3.63, 3.8) is 0 Å². The fourth-order valence-electron chi connectivity index (χ4n) is 3.58. The summed E-state index contributed by atoms with van der Waals surface area (Å²) in [4.78, 5) is 15.0. The molecule has 3 aromatic rings. The smallest absolute Gasteiger partial charge is 0.290 e. The van der Waals surface area contributed by atoms with Gasteiger partial charge in [-0.25, -0.2) is 0 Å². The molecule has 27 heavy (non-hydrogen) atoms. The number of hydrogen-bond acceptors (Lipinski definition) is 4. The molecule has 0 bridgehead atoms. The van der Waals surface area contributed by atoms with Gasteiger partial charge in [0.2, 0.25) is 5.76 Å². The van der Waals surface area contributed by atoms with Crippen molar-refractivity contribution in [2.24, 2.45) is 5.73 Å². The Kier molecular flexibility index (Phi) is 5.73. The van der Waals surface area contributed by atoms with Crippen LogP contribution in [-0.2, 0) is 0 Å². The number of halogens is 1. The number of piperidine rings is 1. The molecule has 1 aromatic heterocycles. The highest BCUT2D eigenvalue weighted by Gasteiger charge is 2.29. The number of amides is 1. The Labute approximate surface area is 164 Å². The number of ether oxygens (including phenoxy) is 1. The number of carbonyl (C=O) groups is 1. The summed E-state index contributed by atoms with van der Waals surface area (Å²) in [6.07, 6.45) is 1.87. The Hall–Kier alpha value is -2.50. The number of nitrogens with zero attached hydrogens (tertiary/aromatic N) is 1. The van der Waals surface area contributed by atoms with Crippen LogP contribution in [-0.4, -0.2) is 37.0 Å². The molecule has 0 radical (unpaired) electrons. The zero-order valence-electron chi connectivity index (χ0n) is 15.2. The number of benzene rings is 2. The van der Waals surface area contributed by atoms with Crippen LogP contribution in [0.4, 0.5) is 0 Å². The predicted octanol–water partition coefficient (Wildman–Crippen LogP) is 4.09. The first-order valence-corrected chi connectivity index (χ1v) is 8.88. The molecular weight excluding hydrogens is 364 g/mol. The molecule has 1 aliphatic rings. The number of methoxy groups -OCH3 is 1. The summed E-state index contributed by atoms with van der Waals surface area (Å²) in [5.41, 5.74) is 8.49. The molecule has 2 heterocycles. The first kappa shape index (κ1) is 19.3. The molecule has 2 N–H and O–H groups in total. The molecular formula is C21H23ClN2O3. The fourth-order valence-corrected chi connectivity index (χ4v) is 3.58. The van der Waals surface area contributed by atoms with Crippen molar-refractivity contribution >= 4 is 29.3 Å². The third-order valence-corrected chi connectivity index (χ3v) is 4.90.